The molecule has 2 aromatic heterocycles. The average Bonchev–Trinajstić information content (AvgIpc) is 3.04. The van der Waals surface area contributed by atoms with E-state index in [9.17, 15) is 9.59 Å². The maximum atomic E-state index is 12.9. The van der Waals surface area contributed by atoms with Gasteiger partial charge in [-0.2, -0.15) is 0 Å². The highest BCUT2D eigenvalue weighted by molar-refractivity contribution is 7.15. The van der Waals surface area contributed by atoms with Crippen LogP contribution in [0.2, 0.25) is 0 Å². The van der Waals surface area contributed by atoms with Crippen LogP contribution in [0.25, 0.3) is 10.8 Å². The number of furan rings is 1. The minimum Gasteiger partial charge on any atom is -0.462 e. The van der Waals surface area contributed by atoms with Crippen molar-refractivity contribution in [3.8, 4) is 10.8 Å². The lowest BCUT2D eigenvalue weighted by atomic mass is 10.2. The topological polar surface area (TPSA) is 75.4 Å². The lowest BCUT2D eigenvalue weighted by molar-refractivity contribution is -0.125. The van der Waals surface area contributed by atoms with Gasteiger partial charge in [0, 0.05) is 17.5 Å². The van der Waals surface area contributed by atoms with Crippen LogP contribution in [0.3, 0.4) is 0 Å². The first-order chi connectivity index (χ1) is 11.6. The molecule has 1 aliphatic carbocycles. The first kappa shape index (κ1) is 15.4. The Labute approximate surface area is 143 Å². The van der Waals surface area contributed by atoms with E-state index in [4.69, 9.17) is 4.42 Å². The molecule has 0 aromatic carbocycles. The minimum absolute atomic E-state index is 0.0255. The molecule has 2 aliphatic rings. The van der Waals surface area contributed by atoms with Gasteiger partial charge >= 0.3 is 0 Å². The molecule has 1 aliphatic heterocycles. The lowest BCUT2D eigenvalue weighted by Gasteiger charge is -2.23. The number of thiazole rings is 1. The number of amides is 2. The molecule has 0 radical (unpaired) electrons. The molecular weight excluding hydrogens is 326 g/mol. The third-order valence-corrected chi connectivity index (χ3v) is 5.46. The average molecular weight is 345 g/mol. The van der Waals surface area contributed by atoms with Gasteiger partial charge in [0.2, 0.25) is 5.91 Å². The molecule has 0 bridgehead atoms. The number of likely N-dealkylation sites (tertiary alicyclic amines) is 1. The summed E-state index contributed by atoms with van der Waals surface area (Å²) in [6.07, 6.45) is 5.25. The number of rotatable bonds is 4. The van der Waals surface area contributed by atoms with E-state index in [1.54, 1.807) is 17.2 Å². The summed E-state index contributed by atoms with van der Waals surface area (Å²) in [5, 5.41) is 3.70. The second-order valence-corrected chi connectivity index (χ2v) is 7.54. The molecule has 24 heavy (non-hydrogen) atoms. The molecule has 2 fully saturated rings. The molecule has 1 atom stereocenters. The van der Waals surface area contributed by atoms with Crippen LogP contribution in [0.5, 0.6) is 0 Å². The molecule has 0 spiro atoms. The Balaban J connectivity index is 1.55. The second kappa shape index (κ2) is 6.05. The van der Waals surface area contributed by atoms with Gasteiger partial charge in [-0.1, -0.05) is 0 Å². The third-order valence-electron chi connectivity index (χ3n) is 4.47. The van der Waals surface area contributed by atoms with Gasteiger partial charge in [-0.05, 0) is 44.7 Å². The van der Waals surface area contributed by atoms with Crippen LogP contribution in [0, 0.1) is 6.92 Å². The maximum absolute atomic E-state index is 12.9. The van der Waals surface area contributed by atoms with Crippen molar-refractivity contribution >= 4 is 23.2 Å². The first-order valence-corrected chi connectivity index (χ1v) is 9.08. The van der Waals surface area contributed by atoms with E-state index >= 15 is 0 Å². The summed E-state index contributed by atoms with van der Waals surface area (Å²) >= 11 is 1.44. The van der Waals surface area contributed by atoms with Crippen molar-refractivity contribution in [1.29, 1.82) is 0 Å². The zero-order chi connectivity index (χ0) is 16.7. The van der Waals surface area contributed by atoms with Gasteiger partial charge in [-0.3, -0.25) is 9.59 Å². The summed E-state index contributed by atoms with van der Waals surface area (Å²) in [7, 11) is 0. The van der Waals surface area contributed by atoms with Gasteiger partial charge in [0.15, 0.2) is 10.8 Å². The molecule has 3 heterocycles. The second-order valence-electron chi connectivity index (χ2n) is 6.34. The Hall–Kier alpha value is -2.15. The van der Waals surface area contributed by atoms with Gasteiger partial charge < -0.3 is 14.6 Å². The van der Waals surface area contributed by atoms with Crippen molar-refractivity contribution in [2.24, 2.45) is 0 Å². The third kappa shape index (κ3) is 2.84. The molecular formula is C17H19N3O3S. The largest absolute Gasteiger partial charge is 0.462 e. The number of nitrogens with one attached hydrogen (secondary N) is 1. The predicted molar refractivity (Wildman–Crippen MR) is 89.8 cm³/mol. The Bertz CT molecular complexity index is 764. The Morgan fingerprint density at radius 3 is 2.92 bits per heavy atom. The number of hydrogen-bond donors (Lipinski definition) is 1. The molecule has 1 N–H and O–H groups in total. The van der Waals surface area contributed by atoms with Crippen molar-refractivity contribution in [3.05, 3.63) is 29.0 Å². The molecule has 126 valence electrons. The number of aryl methyl sites for hydroxylation is 1. The van der Waals surface area contributed by atoms with Crippen molar-refractivity contribution < 1.29 is 14.0 Å². The molecule has 2 aromatic rings. The summed E-state index contributed by atoms with van der Waals surface area (Å²) in [5.41, 5.74) is 0.428. The molecule has 1 saturated heterocycles. The summed E-state index contributed by atoms with van der Waals surface area (Å²) in [4.78, 5) is 32.3. The SMILES string of the molecule is Cc1sc(-c2ccco2)nc1C(=O)N1CCCC1C(=O)NC1CC1. The molecule has 1 saturated carbocycles. The minimum atomic E-state index is -0.369. The van der Waals surface area contributed by atoms with Crippen LogP contribution in [0.4, 0.5) is 0 Å². The number of carbonyl (C=O) groups is 2. The van der Waals surface area contributed by atoms with Gasteiger partial charge in [0.1, 0.15) is 11.7 Å². The van der Waals surface area contributed by atoms with E-state index < -0.39 is 0 Å². The molecule has 4 rings (SSSR count). The standard InChI is InChI=1S/C17H19N3O3S/c1-10-14(19-16(24-10)13-5-3-9-23-13)17(22)20-8-2-4-12(20)15(21)18-11-6-7-11/h3,5,9,11-12H,2,4,6-8H2,1H3,(H,18,21). The summed E-state index contributed by atoms with van der Waals surface area (Å²) in [6, 6.07) is 3.56. The number of carbonyl (C=O) groups excluding carboxylic acids is 2. The predicted octanol–water partition coefficient (Wildman–Crippen LogP) is 2.59. The summed E-state index contributed by atoms with van der Waals surface area (Å²) in [5.74, 6) is 0.476. The zero-order valence-corrected chi connectivity index (χ0v) is 14.3. The van der Waals surface area contributed by atoms with Gasteiger partial charge in [-0.15, -0.1) is 11.3 Å². The monoisotopic (exact) mass is 345 g/mol. The molecule has 6 nitrogen and oxygen atoms in total. The maximum Gasteiger partial charge on any atom is 0.274 e. The van der Waals surface area contributed by atoms with E-state index in [2.05, 4.69) is 10.3 Å². The van der Waals surface area contributed by atoms with Gasteiger partial charge in [-0.25, -0.2) is 4.98 Å². The molecule has 2 amide bonds. The first-order valence-electron chi connectivity index (χ1n) is 8.26. The fourth-order valence-corrected chi connectivity index (χ4v) is 3.92. The number of hydrogen-bond acceptors (Lipinski definition) is 5. The molecule has 7 heteroatoms. The van der Waals surface area contributed by atoms with E-state index in [-0.39, 0.29) is 17.9 Å². The summed E-state index contributed by atoms with van der Waals surface area (Å²) in [6.45, 7) is 2.49. The van der Waals surface area contributed by atoms with Crippen molar-refractivity contribution in [2.45, 2.75) is 44.7 Å². The quantitative estimate of drug-likeness (QED) is 0.924. The van der Waals surface area contributed by atoms with Crippen molar-refractivity contribution in [2.75, 3.05) is 6.54 Å². The number of nitrogens with zero attached hydrogens (tertiary/aromatic N) is 2. The van der Waals surface area contributed by atoms with E-state index in [0.717, 1.165) is 30.6 Å². The Kier molecular flexibility index (Phi) is 3.88. The van der Waals surface area contributed by atoms with E-state index in [0.29, 0.717) is 29.0 Å². The highest BCUT2D eigenvalue weighted by atomic mass is 32.1. The van der Waals surface area contributed by atoms with Crippen LogP contribution >= 0.6 is 11.3 Å². The Morgan fingerprint density at radius 2 is 2.21 bits per heavy atom. The zero-order valence-electron chi connectivity index (χ0n) is 13.4. The van der Waals surface area contributed by atoms with Crippen molar-refractivity contribution in [1.82, 2.24) is 15.2 Å². The van der Waals surface area contributed by atoms with Gasteiger partial charge in [0.25, 0.3) is 5.91 Å². The normalized spacial score (nSPS) is 20.4. The van der Waals surface area contributed by atoms with Crippen molar-refractivity contribution in [3.63, 3.8) is 0 Å². The van der Waals surface area contributed by atoms with Crippen LogP contribution in [0.15, 0.2) is 22.8 Å². The molecule has 1 unspecified atom stereocenters. The van der Waals surface area contributed by atoms with Crippen LogP contribution in [0.1, 0.15) is 41.0 Å². The summed E-state index contributed by atoms with van der Waals surface area (Å²) < 4.78 is 5.36. The highest BCUT2D eigenvalue weighted by Crippen LogP contribution is 2.30. The van der Waals surface area contributed by atoms with Crippen LogP contribution in [-0.4, -0.2) is 40.3 Å². The van der Waals surface area contributed by atoms with E-state index in [1.165, 1.54) is 11.3 Å². The van der Waals surface area contributed by atoms with Crippen LogP contribution in [-0.2, 0) is 4.79 Å². The Morgan fingerprint density at radius 1 is 1.38 bits per heavy atom. The smallest absolute Gasteiger partial charge is 0.274 e. The fourth-order valence-electron chi connectivity index (χ4n) is 3.04. The number of aromatic nitrogens is 1. The highest BCUT2D eigenvalue weighted by Gasteiger charge is 2.38. The van der Waals surface area contributed by atoms with E-state index in [1.807, 2.05) is 13.0 Å². The fraction of sp³-hybridized carbons (Fsp3) is 0.471. The van der Waals surface area contributed by atoms with Crippen LogP contribution < -0.4 is 5.32 Å². The lowest BCUT2D eigenvalue weighted by Crippen LogP contribution is -2.46. The van der Waals surface area contributed by atoms with Gasteiger partial charge in [0.05, 0.1) is 6.26 Å².